The fourth-order valence-electron chi connectivity index (χ4n) is 2.56. The van der Waals surface area contributed by atoms with Gasteiger partial charge in [0.05, 0.1) is 16.8 Å². The van der Waals surface area contributed by atoms with Gasteiger partial charge in [-0.05, 0) is 53.0 Å². The lowest BCUT2D eigenvalue weighted by molar-refractivity contribution is 0.601. The highest BCUT2D eigenvalue weighted by Gasteiger charge is 2.18. The van der Waals surface area contributed by atoms with Gasteiger partial charge in [0.25, 0.3) is 10.0 Å². The van der Waals surface area contributed by atoms with Crippen LogP contribution >= 0.6 is 15.9 Å². The quantitative estimate of drug-likeness (QED) is 0.685. The minimum absolute atomic E-state index is 0.156. The van der Waals surface area contributed by atoms with Gasteiger partial charge in [-0.15, -0.1) is 0 Å². The lowest BCUT2D eigenvalue weighted by Gasteiger charge is -2.12. The minimum Gasteiger partial charge on any atom is -0.261 e. The normalized spacial score (nSPS) is 11.3. The molecule has 0 fully saturated rings. The van der Waals surface area contributed by atoms with Crippen LogP contribution in [-0.2, 0) is 10.0 Å². The number of rotatable bonds is 4. The first-order valence-electron chi connectivity index (χ1n) is 7.55. The van der Waals surface area contributed by atoms with Crippen molar-refractivity contribution in [3.63, 3.8) is 0 Å². The number of anilines is 1. The highest BCUT2D eigenvalue weighted by molar-refractivity contribution is 9.10. The number of aryl methyl sites for hydroxylation is 2. The number of nitrogens with zero attached hydrogens (tertiary/aromatic N) is 2. The Morgan fingerprint density at radius 1 is 0.960 bits per heavy atom. The highest BCUT2D eigenvalue weighted by atomic mass is 79.9. The summed E-state index contributed by atoms with van der Waals surface area (Å²) < 4.78 is 27.9. The van der Waals surface area contributed by atoms with Crippen molar-refractivity contribution >= 4 is 31.8 Å². The molecule has 0 atom stereocenters. The molecule has 128 valence electrons. The Balaban J connectivity index is 2.04. The van der Waals surface area contributed by atoms with E-state index in [4.69, 9.17) is 0 Å². The number of aromatic nitrogens is 2. The van der Waals surface area contributed by atoms with E-state index in [-0.39, 0.29) is 10.7 Å². The van der Waals surface area contributed by atoms with Crippen molar-refractivity contribution in [2.45, 2.75) is 18.7 Å². The van der Waals surface area contributed by atoms with Crippen LogP contribution in [0.15, 0.2) is 64.2 Å². The molecular formula is C18H16BrN3O2S. The third-order valence-corrected chi connectivity index (χ3v) is 5.68. The summed E-state index contributed by atoms with van der Waals surface area (Å²) >= 11 is 3.26. The predicted octanol–water partition coefficient (Wildman–Crippen LogP) is 4.32. The molecule has 7 heteroatoms. The van der Waals surface area contributed by atoms with Gasteiger partial charge in [-0.2, -0.15) is 0 Å². The van der Waals surface area contributed by atoms with Crippen LogP contribution in [-0.4, -0.2) is 18.4 Å². The van der Waals surface area contributed by atoms with Gasteiger partial charge in [-0.25, -0.2) is 18.4 Å². The van der Waals surface area contributed by atoms with Crippen LogP contribution in [0.5, 0.6) is 0 Å². The molecule has 25 heavy (non-hydrogen) atoms. The van der Waals surface area contributed by atoms with Gasteiger partial charge in [-0.3, -0.25) is 4.72 Å². The summed E-state index contributed by atoms with van der Waals surface area (Å²) in [5.74, 6) is 0.156. The summed E-state index contributed by atoms with van der Waals surface area (Å²) in [5.41, 5.74) is 3.66. The number of sulfonamides is 1. The Bertz CT molecular complexity index is 1000. The molecule has 1 aromatic heterocycles. The molecule has 3 aromatic rings. The van der Waals surface area contributed by atoms with E-state index in [9.17, 15) is 8.42 Å². The molecule has 0 unspecified atom stereocenters. The lowest BCUT2D eigenvalue weighted by atomic mass is 10.0. The maximum atomic E-state index is 12.5. The van der Waals surface area contributed by atoms with Gasteiger partial charge in [-0.1, -0.05) is 36.4 Å². The highest BCUT2D eigenvalue weighted by Crippen LogP contribution is 2.29. The Kier molecular flexibility index (Phi) is 4.87. The first kappa shape index (κ1) is 17.6. The van der Waals surface area contributed by atoms with E-state index in [1.54, 1.807) is 24.4 Å². The van der Waals surface area contributed by atoms with Crippen molar-refractivity contribution in [3.8, 4) is 11.3 Å². The standard InChI is InChI=1S/C18H16BrN3O2S/c1-12-7-6-8-13(2)16(12)15-11-20-17(19)18(21-15)22-25(23,24)14-9-4-3-5-10-14/h3-11H,1-2H3,(H,21,22). The Hall–Kier alpha value is -2.25. The number of benzene rings is 2. The van der Waals surface area contributed by atoms with Crippen LogP contribution in [0.4, 0.5) is 5.82 Å². The summed E-state index contributed by atoms with van der Waals surface area (Å²) in [6, 6.07) is 14.1. The van der Waals surface area contributed by atoms with Crippen LogP contribution in [0.2, 0.25) is 0 Å². The molecule has 0 saturated carbocycles. The van der Waals surface area contributed by atoms with Crippen LogP contribution in [0.1, 0.15) is 11.1 Å². The number of nitrogens with one attached hydrogen (secondary N) is 1. The minimum atomic E-state index is -3.74. The molecule has 0 aliphatic heterocycles. The maximum Gasteiger partial charge on any atom is 0.263 e. The molecule has 0 aliphatic rings. The van der Waals surface area contributed by atoms with Crippen molar-refractivity contribution < 1.29 is 8.42 Å². The Labute approximate surface area is 155 Å². The molecule has 1 heterocycles. The molecule has 5 nitrogen and oxygen atoms in total. The van der Waals surface area contributed by atoms with Crippen molar-refractivity contribution in [3.05, 3.63) is 70.5 Å². The molecular weight excluding hydrogens is 402 g/mol. The van der Waals surface area contributed by atoms with Gasteiger partial charge in [0.15, 0.2) is 5.82 Å². The van der Waals surface area contributed by atoms with Crippen LogP contribution < -0.4 is 4.72 Å². The second kappa shape index (κ2) is 6.93. The van der Waals surface area contributed by atoms with E-state index < -0.39 is 10.0 Å². The van der Waals surface area contributed by atoms with E-state index in [2.05, 4.69) is 30.6 Å². The van der Waals surface area contributed by atoms with Crippen molar-refractivity contribution in [2.24, 2.45) is 0 Å². The second-order valence-corrected chi connectivity index (χ2v) is 8.01. The molecule has 0 amide bonds. The topological polar surface area (TPSA) is 72.0 Å². The Morgan fingerprint density at radius 3 is 2.24 bits per heavy atom. The van der Waals surface area contributed by atoms with Gasteiger partial charge in [0, 0.05) is 5.56 Å². The average Bonchev–Trinajstić information content (AvgIpc) is 2.58. The summed E-state index contributed by atoms with van der Waals surface area (Å²) in [7, 11) is -3.74. The van der Waals surface area contributed by atoms with Crippen LogP contribution in [0, 0.1) is 13.8 Å². The van der Waals surface area contributed by atoms with E-state index in [0.717, 1.165) is 16.7 Å². The molecule has 1 N–H and O–H groups in total. The SMILES string of the molecule is Cc1cccc(C)c1-c1cnc(Br)c(NS(=O)(=O)c2ccccc2)n1. The van der Waals surface area contributed by atoms with Crippen LogP contribution in [0.3, 0.4) is 0 Å². The number of halogens is 1. The summed E-state index contributed by atoms with van der Waals surface area (Å²) in [5, 5.41) is 0. The maximum absolute atomic E-state index is 12.5. The molecule has 0 radical (unpaired) electrons. The first-order chi connectivity index (χ1) is 11.9. The van der Waals surface area contributed by atoms with E-state index in [1.165, 1.54) is 12.1 Å². The van der Waals surface area contributed by atoms with Crippen molar-refractivity contribution in [1.29, 1.82) is 0 Å². The van der Waals surface area contributed by atoms with Gasteiger partial charge in [0.1, 0.15) is 4.60 Å². The summed E-state index contributed by atoms with van der Waals surface area (Å²) in [6.07, 6.45) is 1.62. The molecule has 0 bridgehead atoms. The van der Waals surface area contributed by atoms with Gasteiger partial charge >= 0.3 is 0 Å². The average molecular weight is 418 g/mol. The van der Waals surface area contributed by atoms with E-state index >= 15 is 0 Å². The van der Waals surface area contributed by atoms with Crippen molar-refractivity contribution in [1.82, 2.24) is 9.97 Å². The van der Waals surface area contributed by atoms with E-state index in [0.29, 0.717) is 10.3 Å². The Morgan fingerprint density at radius 2 is 1.60 bits per heavy atom. The zero-order valence-corrected chi connectivity index (χ0v) is 16.1. The zero-order valence-electron chi connectivity index (χ0n) is 13.7. The third kappa shape index (κ3) is 3.72. The fraction of sp³-hybridized carbons (Fsp3) is 0.111. The molecule has 2 aromatic carbocycles. The first-order valence-corrected chi connectivity index (χ1v) is 9.83. The monoisotopic (exact) mass is 417 g/mol. The third-order valence-electron chi connectivity index (χ3n) is 3.75. The molecule has 0 aliphatic carbocycles. The van der Waals surface area contributed by atoms with Gasteiger partial charge in [0.2, 0.25) is 0 Å². The predicted molar refractivity (Wildman–Crippen MR) is 102 cm³/mol. The summed E-state index contributed by atoms with van der Waals surface area (Å²) in [4.78, 5) is 8.89. The summed E-state index contributed by atoms with van der Waals surface area (Å²) in [6.45, 7) is 3.97. The smallest absolute Gasteiger partial charge is 0.261 e. The lowest BCUT2D eigenvalue weighted by Crippen LogP contribution is -2.15. The number of hydrogen-bond acceptors (Lipinski definition) is 4. The fourth-order valence-corrected chi connectivity index (χ4v) is 4.02. The number of hydrogen-bond donors (Lipinski definition) is 1. The largest absolute Gasteiger partial charge is 0.263 e. The molecule has 3 rings (SSSR count). The van der Waals surface area contributed by atoms with Crippen molar-refractivity contribution in [2.75, 3.05) is 4.72 Å². The van der Waals surface area contributed by atoms with Crippen LogP contribution in [0.25, 0.3) is 11.3 Å². The molecule has 0 spiro atoms. The zero-order chi connectivity index (χ0) is 18.0. The molecule has 0 saturated heterocycles. The van der Waals surface area contributed by atoms with E-state index in [1.807, 2.05) is 32.0 Å². The van der Waals surface area contributed by atoms with Gasteiger partial charge < -0.3 is 0 Å². The second-order valence-electron chi connectivity index (χ2n) is 5.58.